The molecule has 0 unspecified atom stereocenters. The number of fused-ring (bicyclic) bond motifs is 1. The molecular formula is C42H45NO12. The van der Waals surface area contributed by atoms with Gasteiger partial charge in [-0.25, -0.2) is 0 Å². The second-order valence-electron chi connectivity index (χ2n) is 11.9. The topological polar surface area (TPSA) is 142 Å². The van der Waals surface area contributed by atoms with Crippen molar-refractivity contribution in [2.75, 3.05) is 68.3 Å². The van der Waals surface area contributed by atoms with Crippen molar-refractivity contribution >= 4 is 28.6 Å². The zero-order chi connectivity index (χ0) is 39.3. The van der Waals surface area contributed by atoms with Crippen molar-refractivity contribution in [2.45, 2.75) is 19.3 Å². The fourth-order valence-corrected chi connectivity index (χ4v) is 5.73. The van der Waals surface area contributed by atoms with Crippen LogP contribution in [0.1, 0.15) is 24.8 Å². The molecule has 13 heteroatoms. The smallest absolute Gasteiger partial charge is 0.248 e. The zero-order valence-electron chi connectivity index (χ0n) is 31.9. The molecule has 55 heavy (non-hydrogen) atoms. The highest BCUT2D eigenvalue weighted by atomic mass is 16.5. The molecule has 0 fully saturated rings. The van der Waals surface area contributed by atoms with E-state index in [1.807, 2.05) is 6.07 Å². The lowest BCUT2D eigenvalue weighted by Gasteiger charge is -2.17. The van der Waals surface area contributed by atoms with Gasteiger partial charge >= 0.3 is 0 Å². The minimum Gasteiger partial charge on any atom is -0.497 e. The Balaban J connectivity index is 1.23. The second-order valence-corrected chi connectivity index (χ2v) is 11.9. The van der Waals surface area contributed by atoms with E-state index in [0.29, 0.717) is 70.9 Å². The normalized spacial score (nSPS) is 10.9. The van der Waals surface area contributed by atoms with E-state index in [2.05, 4.69) is 5.32 Å². The molecule has 0 aliphatic heterocycles. The maximum absolute atomic E-state index is 14.1. The molecule has 4 aromatic carbocycles. The maximum atomic E-state index is 14.1. The molecular weight excluding hydrogens is 710 g/mol. The Morgan fingerprint density at radius 3 is 1.89 bits per heavy atom. The molecule has 1 amide bonds. The number of nitrogens with one attached hydrogen (secondary N) is 1. The van der Waals surface area contributed by atoms with Crippen LogP contribution in [0.3, 0.4) is 0 Å². The van der Waals surface area contributed by atoms with Gasteiger partial charge in [0.15, 0.2) is 28.8 Å². The van der Waals surface area contributed by atoms with Gasteiger partial charge in [-0.1, -0.05) is 6.07 Å². The fraction of sp³-hybridized carbons (Fsp3) is 0.286. The monoisotopic (exact) mass is 755 g/mol. The molecule has 5 rings (SSSR count). The van der Waals surface area contributed by atoms with Crippen molar-refractivity contribution in [3.8, 4) is 63.1 Å². The van der Waals surface area contributed by atoms with Crippen molar-refractivity contribution < 1.29 is 51.8 Å². The molecule has 1 heterocycles. The number of hydrogen-bond donors (Lipinski definition) is 1. The summed E-state index contributed by atoms with van der Waals surface area (Å²) in [6.07, 6.45) is 5.21. The first-order valence-electron chi connectivity index (χ1n) is 17.4. The molecule has 0 saturated heterocycles. The summed E-state index contributed by atoms with van der Waals surface area (Å²) in [5, 5.41) is 3.03. The number of carbonyl (C=O) groups is 1. The summed E-state index contributed by atoms with van der Waals surface area (Å²) >= 11 is 0. The number of unbranched alkanes of at least 4 members (excludes halogenated alkanes) is 2. The molecule has 0 aliphatic rings. The molecule has 5 aromatic rings. The number of anilines is 1. The summed E-state index contributed by atoms with van der Waals surface area (Å²) in [4.78, 5) is 26.5. The maximum Gasteiger partial charge on any atom is 0.248 e. The van der Waals surface area contributed by atoms with E-state index in [-0.39, 0.29) is 40.7 Å². The van der Waals surface area contributed by atoms with Crippen LogP contribution in [-0.4, -0.2) is 68.9 Å². The van der Waals surface area contributed by atoms with Gasteiger partial charge in [-0.05, 0) is 79.4 Å². The number of rotatable bonds is 19. The van der Waals surface area contributed by atoms with Crippen LogP contribution in [0.15, 0.2) is 82.0 Å². The molecule has 0 bridgehead atoms. The molecule has 1 aromatic heterocycles. The molecule has 0 saturated carbocycles. The van der Waals surface area contributed by atoms with Crippen LogP contribution < -0.4 is 53.4 Å². The third kappa shape index (κ3) is 9.55. The fourth-order valence-electron chi connectivity index (χ4n) is 5.73. The summed E-state index contributed by atoms with van der Waals surface area (Å²) in [7, 11) is 10.7. The van der Waals surface area contributed by atoms with E-state index < -0.39 is 5.43 Å². The minimum atomic E-state index is -0.406. The quantitative estimate of drug-likeness (QED) is 0.0649. The van der Waals surface area contributed by atoms with Crippen LogP contribution in [-0.2, 0) is 4.79 Å². The molecule has 0 radical (unpaired) electrons. The third-order valence-electron chi connectivity index (χ3n) is 8.54. The SMILES string of the molecule is COc1ccc(NC(=O)/C=C/c2ccc(OCCCCCOc3c(-c4cc(OC)c(OC)c(OC)c4)oc4cc(OC)cc(OC)c4c3=O)c(OC)c2)cc1. The van der Waals surface area contributed by atoms with Gasteiger partial charge in [-0.3, -0.25) is 9.59 Å². The van der Waals surface area contributed by atoms with Crippen molar-refractivity contribution in [1.82, 2.24) is 0 Å². The molecule has 1 N–H and O–H groups in total. The lowest BCUT2D eigenvalue weighted by Crippen LogP contribution is -2.12. The third-order valence-corrected chi connectivity index (χ3v) is 8.54. The number of methoxy groups -OCH3 is 7. The highest BCUT2D eigenvalue weighted by Crippen LogP contribution is 2.44. The van der Waals surface area contributed by atoms with E-state index in [4.69, 9.17) is 47.0 Å². The standard InChI is InChI=1S/C42H45NO12/c1-46-29-15-13-28(14-16-29)43-37(44)18-12-26-11-17-31(32(21-26)48-3)53-19-9-8-10-20-54-42-39(45)38-33(49-4)24-30(47-2)25-34(38)55-40(42)27-22-35(50-5)41(52-7)36(23-27)51-6/h11-18,21-25H,8-10,19-20H2,1-7H3,(H,43,44)/b18-12+. The van der Waals surface area contributed by atoms with Crippen LogP contribution in [0, 0.1) is 0 Å². The van der Waals surface area contributed by atoms with E-state index in [1.165, 1.54) is 41.6 Å². The molecule has 0 aliphatic carbocycles. The summed E-state index contributed by atoms with van der Waals surface area (Å²) in [5.74, 6) is 3.63. The molecule has 290 valence electrons. The highest BCUT2D eigenvalue weighted by Gasteiger charge is 2.24. The average molecular weight is 756 g/mol. The van der Waals surface area contributed by atoms with E-state index in [1.54, 1.807) is 81.0 Å². The second kappa shape index (κ2) is 19.0. The first-order chi connectivity index (χ1) is 26.8. The first kappa shape index (κ1) is 39.7. The van der Waals surface area contributed by atoms with E-state index >= 15 is 0 Å². The van der Waals surface area contributed by atoms with Crippen LogP contribution in [0.5, 0.6) is 51.7 Å². The number of carbonyl (C=O) groups excluding carboxylic acids is 1. The predicted molar refractivity (Wildman–Crippen MR) is 209 cm³/mol. The number of benzene rings is 4. The highest BCUT2D eigenvalue weighted by molar-refractivity contribution is 6.02. The average Bonchev–Trinajstić information content (AvgIpc) is 3.22. The van der Waals surface area contributed by atoms with E-state index in [9.17, 15) is 9.59 Å². The van der Waals surface area contributed by atoms with Crippen molar-refractivity contribution in [3.05, 3.63) is 88.6 Å². The summed E-state index contributed by atoms with van der Waals surface area (Å²) in [6, 6.07) is 19.1. The Morgan fingerprint density at radius 1 is 0.618 bits per heavy atom. The Bertz CT molecular complexity index is 2150. The van der Waals surface area contributed by atoms with Gasteiger partial charge in [0.05, 0.1) is 63.0 Å². The van der Waals surface area contributed by atoms with Crippen LogP contribution in [0.25, 0.3) is 28.4 Å². The van der Waals surface area contributed by atoms with Gasteiger partial charge in [0.25, 0.3) is 0 Å². The molecule has 0 atom stereocenters. The van der Waals surface area contributed by atoms with Gasteiger partial charge < -0.3 is 52.4 Å². The number of hydrogen-bond acceptors (Lipinski definition) is 12. The number of amides is 1. The lowest BCUT2D eigenvalue weighted by atomic mass is 10.1. The Kier molecular flexibility index (Phi) is 13.7. The molecule has 0 spiro atoms. The minimum absolute atomic E-state index is 0.0126. The van der Waals surface area contributed by atoms with Crippen molar-refractivity contribution in [3.63, 3.8) is 0 Å². The summed E-state index contributed by atoms with van der Waals surface area (Å²) in [6.45, 7) is 0.645. The van der Waals surface area contributed by atoms with Gasteiger partial charge in [-0.15, -0.1) is 0 Å². The Morgan fingerprint density at radius 2 is 1.27 bits per heavy atom. The van der Waals surface area contributed by atoms with Gasteiger partial charge in [0, 0.05) is 29.5 Å². The predicted octanol–water partition coefficient (Wildman–Crippen LogP) is 7.80. The van der Waals surface area contributed by atoms with Crippen molar-refractivity contribution in [2.24, 2.45) is 0 Å². The van der Waals surface area contributed by atoms with Crippen LogP contribution in [0.4, 0.5) is 5.69 Å². The zero-order valence-corrected chi connectivity index (χ0v) is 31.9. The summed E-state index contributed by atoms with van der Waals surface area (Å²) in [5.41, 5.74) is 1.75. The van der Waals surface area contributed by atoms with E-state index in [0.717, 1.165) is 12.0 Å². The van der Waals surface area contributed by atoms with Crippen LogP contribution in [0.2, 0.25) is 0 Å². The lowest BCUT2D eigenvalue weighted by molar-refractivity contribution is -0.111. The van der Waals surface area contributed by atoms with Gasteiger partial charge in [-0.2, -0.15) is 0 Å². The number of ether oxygens (including phenoxy) is 9. The van der Waals surface area contributed by atoms with Gasteiger partial charge in [0.1, 0.15) is 28.2 Å². The first-order valence-corrected chi connectivity index (χ1v) is 17.4. The Labute approximate surface area is 319 Å². The Hall–Kier alpha value is -6.50. The molecule has 13 nitrogen and oxygen atoms in total. The van der Waals surface area contributed by atoms with Crippen LogP contribution >= 0.6 is 0 Å². The summed E-state index contributed by atoms with van der Waals surface area (Å²) < 4.78 is 56.8. The largest absolute Gasteiger partial charge is 0.497 e. The van der Waals surface area contributed by atoms with Gasteiger partial charge in [0.2, 0.25) is 22.8 Å². The van der Waals surface area contributed by atoms with Crippen molar-refractivity contribution in [1.29, 1.82) is 0 Å².